The first kappa shape index (κ1) is 22.5. The first-order valence-electron chi connectivity index (χ1n) is 11.7. The second-order valence-corrected chi connectivity index (χ2v) is 12.0. The molecule has 5 rings (SSSR count). The van der Waals surface area contributed by atoms with Crippen molar-refractivity contribution in [2.75, 3.05) is 5.32 Å². The highest BCUT2D eigenvalue weighted by Gasteiger charge is 2.52. The van der Waals surface area contributed by atoms with E-state index in [-0.39, 0.29) is 29.4 Å². The third-order valence-corrected chi connectivity index (χ3v) is 7.86. The maximum Gasteiger partial charge on any atom is 0.411 e. The number of piperidine rings is 1. The van der Waals surface area contributed by atoms with E-state index in [0.717, 1.165) is 29.4 Å². The van der Waals surface area contributed by atoms with Crippen molar-refractivity contribution in [3.63, 3.8) is 0 Å². The summed E-state index contributed by atoms with van der Waals surface area (Å²) in [4.78, 5) is 28.1. The van der Waals surface area contributed by atoms with Crippen molar-refractivity contribution >= 4 is 33.6 Å². The standard InChI is InChI=1S/C27H31BrN2O3/c1-26(2,3)33-25(32)30-18-9-6-15(12-18)23(30)24(31)29-17-8-11-20-19-10-7-16(28)13-21(19)27(4,5)22(20)14-17/h7-8,10-11,13-15,18,23H,6,9,12H2,1-5H3,(H,29,31)/t15-,18+,23-/m0/s1. The molecule has 0 unspecified atom stereocenters. The molecular weight excluding hydrogens is 480 g/mol. The van der Waals surface area contributed by atoms with Crippen LogP contribution in [0, 0.1) is 5.92 Å². The summed E-state index contributed by atoms with van der Waals surface area (Å²) in [7, 11) is 0. The van der Waals surface area contributed by atoms with Crippen LogP contribution in [0.25, 0.3) is 11.1 Å². The predicted molar refractivity (Wildman–Crippen MR) is 133 cm³/mol. The summed E-state index contributed by atoms with van der Waals surface area (Å²) < 4.78 is 6.71. The molecule has 1 N–H and O–H groups in total. The van der Waals surface area contributed by atoms with Gasteiger partial charge in [0.05, 0.1) is 0 Å². The molecule has 2 aromatic rings. The molecule has 0 spiro atoms. The molecular formula is C27H31BrN2O3. The van der Waals surface area contributed by atoms with Crippen LogP contribution in [-0.4, -0.2) is 34.6 Å². The molecule has 3 atom stereocenters. The Bertz CT molecular complexity index is 1150. The average Bonchev–Trinajstić information content (AvgIpc) is 3.39. The Morgan fingerprint density at radius 3 is 2.42 bits per heavy atom. The number of rotatable bonds is 2. The number of ether oxygens (including phenoxy) is 1. The molecule has 2 bridgehead atoms. The number of carbonyl (C=O) groups excluding carboxylic acids is 2. The molecule has 0 aromatic heterocycles. The number of fused-ring (bicyclic) bond motifs is 5. The maximum atomic E-state index is 13.4. The quantitative estimate of drug-likeness (QED) is 0.502. The molecule has 2 fully saturated rings. The Kier molecular flexibility index (Phi) is 5.16. The van der Waals surface area contributed by atoms with Crippen LogP contribution in [0.1, 0.15) is 65.0 Å². The van der Waals surface area contributed by atoms with Gasteiger partial charge in [-0.1, -0.05) is 41.9 Å². The van der Waals surface area contributed by atoms with Crippen molar-refractivity contribution in [2.24, 2.45) is 5.92 Å². The summed E-state index contributed by atoms with van der Waals surface area (Å²) in [5, 5.41) is 3.12. The molecule has 2 aliphatic carbocycles. The first-order valence-corrected chi connectivity index (χ1v) is 12.5. The summed E-state index contributed by atoms with van der Waals surface area (Å²) in [6.07, 6.45) is 2.41. The van der Waals surface area contributed by atoms with Gasteiger partial charge in [-0.2, -0.15) is 0 Å². The number of likely N-dealkylation sites (tertiary alicyclic amines) is 1. The lowest BCUT2D eigenvalue weighted by Crippen LogP contribution is -2.52. The number of halogens is 1. The van der Waals surface area contributed by atoms with Gasteiger partial charge in [0, 0.05) is 21.6 Å². The number of hydrogen-bond acceptors (Lipinski definition) is 3. The number of benzene rings is 2. The van der Waals surface area contributed by atoms with Gasteiger partial charge >= 0.3 is 6.09 Å². The Balaban J connectivity index is 1.40. The molecule has 0 radical (unpaired) electrons. The van der Waals surface area contributed by atoms with Gasteiger partial charge in [-0.3, -0.25) is 9.69 Å². The van der Waals surface area contributed by atoms with Gasteiger partial charge in [0.2, 0.25) is 5.91 Å². The number of hydrogen-bond donors (Lipinski definition) is 1. The minimum atomic E-state index is -0.588. The van der Waals surface area contributed by atoms with E-state index in [2.05, 4.69) is 65.4 Å². The Morgan fingerprint density at radius 2 is 1.73 bits per heavy atom. The normalized spacial score (nSPS) is 24.4. The average molecular weight is 511 g/mol. The fraction of sp³-hybridized carbons (Fsp3) is 0.481. The van der Waals surface area contributed by atoms with Crippen molar-refractivity contribution in [3.05, 3.63) is 52.0 Å². The van der Waals surface area contributed by atoms with E-state index in [0.29, 0.717) is 0 Å². The van der Waals surface area contributed by atoms with Crippen LogP contribution in [0.5, 0.6) is 0 Å². The third kappa shape index (κ3) is 3.76. The monoisotopic (exact) mass is 510 g/mol. The van der Waals surface area contributed by atoms with Gasteiger partial charge in [-0.15, -0.1) is 0 Å². The summed E-state index contributed by atoms with van der Waals surface area (Å²) >= 11 is 3.60. The van der Waals surface area contributed by atoms with Gasteiger partial charge in [0.15, 0.2) is 0 Å². The van der Waals surface area contributed by atoms with Crippen LogP contribution in [-0.2, 0) is 14.9 Å². The molecule has 5 nitrogen and oxygen atoms in total. The van der Waals surface area contributed by atoms with Crippen molar-refractivity contribution in [1.82, 2.24) is 4.90 Å². The summed E-state index contributed by atoms with van der Waals surface area (Å²) in [5.41, 5.74) is 4.94. The number of nitrogens with one attached hydrogen (secondary N) is 1. The summed E-state index contributed by atoms with van der Waals surface area (Å²) in [6.45, 7) is 10.0. The van der Waals surface area contributed by atoms with Crippen LogP contribution in [0.4, 0.5) is 10.5 Å². The molecule has 1 saturated heterocycles. The Hall–Kier alpha value is -2.34. The lowest BCUT2D eigenvalue weighted by molar-refractivity contribution is -0.122. The topological polar surface area (TPSA) is 58.6 Å². The van der Waals surface area contributed by atoms with Crippen molar-refractivity contribution < 1.29 is 14.3 Å². The van der Waals surface area contributed by atoms with Crippen LogP contribution in [0.2, 0.25) is 0 Å². The van der Waals surface area contributed by atoms with Crippen LogP contribution in [0.3, 0.4) is 0 Å². The second kappa shape index (κ2) is 7.59. The number of anilines is 1. The largest absolute Gasteiger partial charge is 0.444 e. The minimum absolute atomic E-state index is 0.0903. The molecule has 6 heteroatoms. The zero-order valence-electron chi connectivity index (χ0n) is 19.9. The molecule has 2 aromatic carbocycles. The molecule has 2 amide bonds. The lowest BCUT2D eigenvalue weighted by Gasteiger charge is -2.35. The summed E-state index contributed by atoms with van der Waals surface area (Å²) in [5.74, 6) is 0.0686. The first-order chi connectivity index (χ1) is 15.5. The van der Waals surface area contributed by atoms with Crippen molar-refractivity contribution in [2.45, 2.75) is 77.0 Å². The van der Waals surface area contributed by atoms with E-state index < -0.39 is 11.6 Å². The second-order valence-electron chi connectivity index (χ2n) is 11.1. The number of carbonyl (C=O) groups is 2. The van der Waals surface area contributed by atoms with E-state index in [9.17, 15) is 9.59 Å². The van der Waals surface area contributed by atoms with Gasteiger partial charge in [-0.05, 0) is 92.5 Å². The Labute approximate surface area is 204 Å². The SMILES string of the molecule is CC(C)(C)OC(=O)N1[C@@H]2CC[C@@H](C2)[C@H]1C(=O)Nc1ccc2c(c1)C(C)(C)c1cc(Br)ccc1-2. The zero-order valence-corrected chi connectivity index (χ0v) is 21.5. The van der Waals surface area contributed by atoms with Crippen molar-refractivity contribution in [3.8, 4) is 11.1 Å². The van der Waals surface area contributed by atoms with Gasteiger partial charge in [-0.25, -0.2) is 4.79 Å². The van der Waals surface area contributed by atoms with Gasteiger partial charge in [0.1, 0.15) is 11.6 Å². The third-order valence-electron chi connectivity index (χ3n) is 7.36. The number of amides is 2. The van der Waals surface area contributed by atoms with Crippen LogP contribution >= 0.6 is 15.9 Å². The van der Waals surface area contributed by atoms with E-state index in [4.69, 9.17) is 4.74 Å². The smallest absolute Gasteiger partial charge is 0.411 e. The zero-order chi connectivity index (χ0) is 23.7. The Morgan fingerprint density at radius 1 is 1.06 bits per heavy atom. The molecule has 1 heterocycles. The van der Waals surface area contributed by atoms with E-state index >= 15 is 0 Å². The highest BCUT2D eigenvalue weighted by molar-refractivity contribution is 9.10. The van der Waals surface area contributed by atoms with E-state index in [1.165, 1.54) is 22.3 Å². The highest BCUT2D eigenvalue weighted by atomic mass is 79.9. The summed E-state index contributed by atoms with van der Waals surface area (Å²) in [6, 6.07) is 12.2. The lowest BCUT2D eigenvalue weighted by atomic mass is 9.82. The van der Waals surface area contributed by atoms with Gasteiger partial charge in [0.25, 0.3) is 0 Å². The van der Waals surface area contributed by atoms with Crippen molar-refractivity contribution in [1.29, 1.82) is 0 Å². The van der Waals surface area contributed by atoms with E-state index in [1.54, 1.807) is 4.90 Å². The van der Waals surface area contributed by atoms with E-state index in [1.807, 2.05) is 26.8 Å². The minimum Gasteiger partial charge on any atom is -0.444 e. The number of nitrogens with zero attached hydrogens (tertiary/aromatic N) is 1. The molecule has 1 saturated carbocycles. The fourth-order valence-corrected chi connectivity index (χ4v) is 6.27. The van der Waals surface area contributed by atoms with Crippen LogP contribution < -0.4 is 5.32 Å². The van der Waals surface area contributed by atoms with Gasteiger partial charge < -0.3 is 10.1 Å². The highest BCUT2D eigenvalue weighted by Crippen LogP contribution is 2.50. The molecule has 3 aliphatic rings. The van der Waals surface area contributed by atoms with Crippen LogP contribution in [0.15, 0.2) is 40.9 Å². The maximum absolute atomic E-state index is 13.4. The molecule has 1 aliphatic heterocycles. The fourth-order valence-electron chi connectivity index (χ4n) is 5.91. The molecule has 174 valence electrons. The predicted octanol–water partition coefficient (Wildman–Crippen LogP) is 6.48. The molecule has 33 heavy (non-hydrogen) atoms.